The molecule has 0 aliphatic carbocycles. The molecular weight excluding hydrogens is 420 g/mol. The maximum Gasteiger partial charge on any atom is 0.255 e. The summed E-state index contributed by atoms with van der Waals surface area (Å²) in [5.74, 6) is 0.936. The molecule has 2 fully saturated rings. The van der Waals surface area contributed by atoms with Crippen LogP contribution in [0.2, 0.25) is 5.02 Å². The van der Waals surface area contributed by atoms with Crippen LogP contribution in [0, 0.1) is 5.92 Å². The maximum absolute atomic E-state index is 12.9. The lowest BCUT2D eigenvalue weighted by Gasteiger charge is -2.39. The van der Waals surface area contributed by atoms with Crippen molar-refractivity contribution in [1.82, 2.24) is 15.1 Å². The van der Waals surface area contributed by atoms with Gasteiger partial charge in [-0.05, 0) is 31.2 Å². The Balaban J connectivity index is 1.58. The Morgan fingerprint density at radius 1 is 1.19 bits per heavy atom. The van der Waals surface area contributed by atoms with E-state index >= 15 is 0 Å². The van der Waals surface area contributed by atoms with E-state index in [9.17, 15) is 9.59 Å². The van der Waals surface area contributed by atoms with Crippen LogP contribution in [-0.4, -0.2) is 80.7 Å². The highest BCUT2D eigenvalue weighted by Crippen LogP contribution is 2.29. The van der Waals surface area contributed by atoms with E-state index in [1.807, 2.05) is 4.90 Å². The van der Waals surface area contributed by atoms with Crippen molar-refractivity contribution in [1.29, 1.82) is 0 Å². The number of carbonyl (C=O) groups is 2. The molecule has 0 spiro atoms. The third kappa shape index (κ3) is 5.81. The normalized spacial score (nSPS) is 22.9. The first-order valence-electron chi connectivity index (χ1n) is 10.8. The largest absolute Gasteiger partial charge is 0.496 e. The number of nitrogens with one attached hydrogen (secondary N) is 1. The molecule has 0 unspecified atom stereocenters. The number of hydrogen-bond donors (Lipinski definition) is 2. The third-order valence-corrected chi connectivity index (χ3v) is 6.65. The molecule has 172 valence electrons. The Morgan fingerprint density at radius 3 is 2.55 bits per heavy atom. The fourth-order valence-corrected chi connectivity index (χ4v) is 4.40. The summed E-state index contributed by atoms with van der Waals surface area (Å²) in [4.78, 5) is 29.6. The first-order chi connectivity index (χ1) is 14.8. The highest BCUT2D eigenvalue weighted by atomic mass is 35.5. The SMILES string of the molecule is COc1cc(N)c(Cl)cc1C(=O)N[C@H]1CCN(CC(=O)N2CCC(C)CC2)C[C@H]1OC. The van der Waals surface area contributed by atoms with E-state index in [1.165, 1.54) is 13.2 Å². The second-order valence-corrected chi connectivity index (χ2v) is 8.92. The van der Waals surface area contributed by atoms with Gasteiger partial charge >= 0.3 is 0 Å². The second-order valence-electron chi connectivity index (χ2n) is 8.52. The van der Waals surface area contributed by atoms with E-state index < -0.39 is 0 Å². The van der Waals surface area contributed by atoms with Crippen molar-refractivity contribution in [3.8, 4) is 5.75 Å². The molecule has 2 aliphatic heterocycles. The number of piperidine rings is 2. The van der Waals surface area contributed by atoms with Gasteiger partial charge in [0.15, 0.2) is 0 Å². The molecule has 2 amide bonds. The second kappa shape index (κ2) is 10.5. The molecule has 0 radical (unpaired) electrons. The minimum Gasteiger partial charge on any atom is -0.496 e. The van der Waals surface area contributed by atoms with Gasteiger partial charge < -0.3 is 25.4 Å². The predicted molar refractivity (Wildman–Crippen MR) is 121 cm³/mol. The number of ether oxygens (including phenoxy) is 2. The third-order valence-electron chi connectivity index (χ3n) is 6.32. The van der Waals surface area contributed by atoms with Gasteiger partial charge in [0.1, 0.15) is 5.75 Å². The van der Waals surface area contributed by atoms with Gasteiger partial charge in [0.25, 0.3) is 5.91 Å². The number of methoxy groups -OCH3 is 2. The van der Waals surface area contributed by atoms with E-state index in [1.54, 1.807) is 13.2 Å². The quantitative estimate of drug-likeness (QED) is 0.641. The van der Waals surface area contributed by atoms with Crippen molar-refractivity contribution in [3.63, 3.8) is 0 Å². The molecule has 31 heavy (non-hydrogen) atoms. The van der Waals surface area contributed by atoms with Gasteiger partial charge in [0, 0.05) is 39.4 Å². The van der Waals surface area contributed by atoms with Gasteiger partial charge in [-0.15, -0.1) is 0 Å². The first-order valence-corrected chi connectivity index (χ1v) is 11.2. The summed E-state index contributed by atoms with van der Waals surface area (Å²) in [6.45, 7) is 5.59. The molecule has 8 nitrogen and oxygen atoms in total. The molecule has 3 N–H and O–H groups in total. The van der Waals surface area contributed by atoms with Gasteiger partial charge in [0.05, 0.1) is 42.1 Å². The van der Waals surface area contributed by atoms with Crippen molar-refractivity contribution in [2.24, 2.45) is 5.92 Å². The van der Waals surface area contributed by atoms with Crippen LogP contribution in [0.4, 0.5) is 5.69 Å². The molecule has 0 bridgehead atoms. The molecule has 1 aromatic rings. The number of rotatable bonds is 6. The summed E-state index contributed by atoms with van der Waals surface area (Å²) < 4.78 is 10.9. The van der Waals surface area contributed by atoms with Crippen LogP contribution in [0.25, 0.3) is 0 Å². The maximum atomic E-state index is 12.9. The Kier molecular flexibility index (Phi) is 8.02. The van der Waals surface area contributed by atoms with Crippen LogP contribution in [0.3, 0.4) is 0 Å². The molecule has 2 aliphatic rings. The van der Waals surface area contributed by atoms with Crippen LogP contribution in [0.15, 0.2) is 12.1 Å². The molecule has 2 saturated heterocycles. The smallest absolute Gasteiger partial charge is 0.255 e. The minimum atomic E-state index is -0.294. The fourth-order valence-electron chi connectivity index (χ4n) is 4.24. The van der Waals surface area contributed by atoms with E-state index in [2.05, 4.69) is 17.1 Å². The summed E-state index contributed by atoms with van der Waals surface area (Å²) >= 11 is 6.10. The number of nitrogen functional groups attached to an aromatic ring is 1. The standard InChI is InChI=1S/C22H33ClN4O4/c1-14-4-8-27(9-5-14)21(28)13-26-7-6-18(20(12-26)31-3)25-22(29)15-10-16(23)17(24)11-19(15)30-2/h10-11,14,18,20H,4-9,12-13,24H2,1-3H3,(H,25,29)/t18-,20+/m0/s1. The van der Waals surface area contributed by atoms with Crippen LogP contribution in [0.1, 0.15) is 36.5 Å². The molecule has 9 heteroatoms. The average Bonchev–Trinajstić information content (AvgIpc) is 2.76. The van der Waals surface area contributed by atoms with E-state index in [0.29, 0.717) is 54.0 Å². The van der Waals surface area contributed by atoms with E-state index in [-0.39, 0.29) is 24.0 Å². The number of benzene rings is 1. The van der Waals surface area contributed by atoms with Gasteiger partial charge in [-0.25, -0.2) is 0 Å². The van der Waals surface area contributed by atoms with Crippen molar-refractivity contribution >= 4 is 29.1 Å². The lowest BCUT2D eigenvalue weighted by molar-refractivity contribution is -0.134. The summed E-state index contributed by atoms with van der Waals surface area (Å²) in [7, 11) is 3.11. The van der Waals surface area contributed by atoms with Gasteiger partial charge in [-0.3, -0.25) is 14.5 Å². The van der Waals surface area contributed by atoms with Crippen molar-refractivity contribution in [2.75, 3.05) is 52.7 Å². The highest BCUT2D eigenvalue weighted by Gasteiger charge is 2.33. The van der Waals surface area contributed by atoms with Gasteiger partial charge in [0.2, 0.25) is 5.91 Å². The number of amides is 2. The monoisotopic (exact) mass is 452 g/mol. The van der Waals surface area contributed by atoms with E-state index in [4.69, 9.17) is 26.8 Å². The van der Waals surface area contributed by atoms with Gasteiger partial charge in [-0.1, -0.05) is 18.5 Å². The number of nitrogens with zero attached hydrogens (tertiary/aromatic N) is 2. The Hall–Kier alpha value is -2.03. The number of hydrogen-bond acceptors (Lipinski definition) is 6. The molecule has 2 heterocycles. The van der Waals surface area contributed by atoms with Crippen molar-refractivity contribution < 1.29 is 19.1 Å². The molecule has 0 aromatic heterocycles. The molecule has 1 aromatic carbocycles. The Bertz CT molecular complexity index is 798. The van der Waals surface area contributed by atoms with Crippen LogP contribution in [-0.2, 0) is 9.53 Å². The fraction of sp³-hybridized carbons (Fsp3) is 0.636. The molecule has 2 atom stereocenters. The summed E-state index contributed by atoms with van der Waals surface area (Å²) in [5, 5.41) is 3.33. The Labute approximate surface area is 189 Å². The topological polar surface area (TPSA) is 97.1 Å². The zero-order valence-corrected chi connectivity index (χ0v) is 19.3. The summed E-state index contributed by atoms with van der Waals surface area (Å²) in [6.07, 6.45) is 2.60. The lowest BCUT2D eigenvalue weighted by atomic mass is 9.99. The molecular formula is C22H33ClN4O4. The lowest BCUT2D eigenvalue weighted by Crippen LogP contribution is -2.56. The number of likely N-dealkylation sites (tertiary alicyclic amines) is 2. The minimum absolute atomic E-state index is 0.172. The van der Waals surface area contributed by atoms with Crippen LogP contribution < -0.4 is 15.8 Å². The van der Waals surface area contributed by atoms with Gasteiger partial charge in [-0.2, -0.15) is 0 Å². The zero-order valence-electron chi connectivity index (χ0n) is 18.5. The number of anilines is 1. The summed E-state index contributed by atoms with van der Waals surface area (Å²) in [5.41, 5.74) is 6.49. The average molecular weight is 453 g/mol. The highest BCUT2D eigenvalue weighted by molar-refractivity contribution is 6.33. The zero-order chi connectivity index (χ0) is 22.5. The van der Waals surface area contributed by atoms with Crippen LogP contribution >= 0.6 is 11.6 Å². The van der Waals surface area contributed by atoms with E-state index in [0.717, 1.165) is 25.9 Å². The number of halogens is 1. The Morgan fingerprint density at radius 2 is 1.90 bits per heavy atom. The first kappa shape index (κ1) is 23.6. The summed E-state index contributed by atoms with van der Waals surface area (Å²) in [6, 6.07) is 2.88. The predicted octanol–water partition coefficient (Wildman–Crippen LogP) is 2.01. The molecule has 3 rings (SSSR count). The van der Waals surface area contributed by atoms with Crippen LogP contribution in [0.5, 0.6) is 5.75 Å². The number of carbonyl (C=O) groups excluding carboxylic acids is 2. The van der Waals surface area contributed by atoms with Crippen molar-refractivity contribution in [2.45, 2.75) is 38.3 Å². The number of nitrogens with two attached hydrogens (primary N) is 1. The molecule has 0 saturated carbocycles. The van der Waals surface area contributed by atoms with Crippen molar-refractivity contribution in [3.05, 3.63) is 22.7 Å².